The molecule has 0 aliphatic carbocycles. The Bertz CT molecular complexity index is 1030. The van der Waals surface area contributed by atoms with Crippen LogP contribution in [0.4, 0.5) is 0 Å². The number of nitrogens with zero attached hydrogens (tertiary/aromatic N) is 2. The van der Waals surface area contributed by atoms with Gasteiger partial charge in [-0.2, -0.15) is 0 Å². The quantitative estimate of drug-likeness (QED) is 0.599. The second-order valence-corrected chi connectivity index (χ2v) is 6.68. The van der Waals surface area contributed by atoms with Crippen LogP contribution in [-0.2, 0) is 0 Å². The molecule has 0 fully saturated rings. The average molecular weight is 335 g/mol. The van der Waals surface area contributed by atoms with Crippen LogP contribution >= 0.6 is 11.3 Å². The second-order valence-electron chi connectivity index (χ2n) is 5.70. The van der Waals surface area contributed by atoms with Crippen LogP contribution < -0.4 is 5.56 Å². The van der Waals surface area contributed by atoms with Gasteiger partial charge in [0.05, 0.1) is 11.6 Å². The number of aromatic nitrogens is 3. The van der Waals surface area contributed by atoms with E-state index in [2.05, 4.69) is 39.0 Å². The standard InChI is InChI=1S/C19H17N3OS/c1-2-16(17-8-5-11-24-17)22-10-9-20-18(22)14-12-13-6-3-4-7-15(13)21-19(14)23/h3-12,16H,2H2,1H3,(H,21,23). The summed E-state index contributed by atoms with van der Waals surface area (Å²) in [6, 6.07) is 14.1. The molecule has 24 heavy (non-hydrogen) atoms. The Morgan fingerprint density at radius 1 is 1.25 bits per heavy atom. The van der Waals surface area contributed by atoms with Crippen LogP contribution in [0.2, 0.25) is 0 Å². The van der Waals surface area contributed by atoms with Gasteiger partial charge >= 0.3 is 0 Å². The third-order valence-electron chi connectivity index (χ3n) is 4.26. The molecule has 0 aliphatic heterocycles. The minimum Gasteiger partial charge on any atom is -0.323 e. The number of benzene rings is 1. The molecule has 1 atom stereocenters. The number of aromatic amines is 1. The number of rotatable bonds is 4. The van der Waals surface area contributed by atoms with Gasteiger partial charge in [-0.15, -0.1) is 11.3 Å². The van der Waals surface area contributed by atoms with Gasteiger partial charge < -0.3 is 9.55 Å². The number of fused-ring (bicyclic) bond motifs is 1. The first kappa shape index (κ1) is 14.9. The molecule has 3 aromatic heterocycles. The number of thiophene rings is 1. The van der Waals surface area contributed by atoms with E-state index in [1.54, 1.807) is 17.5 Å². The van der Waals surface area contributed by atoms with Crippen LogP contribution in [0, 0.1) is 0 Å². The highest BCUT2D eigenvalue weighted by atomic mass is 32.1. The summed E-state index contributed by atoms with van der Waals surface area (Å²) in [5.74, 6) is 0.710. The lowest BCUT2D eigenvalue weighted by Crippen LogP contribution is -2.15. The molecule has 0 aliphatic rings. The molecule has 120 valence electrons. The molecule has 1 unspecified atom stereocenters. The minimum absolute atomic E-state index is 0.109. The molecule has 3 heterocycles. The van der Waals surface area contributed by atoms with Crippen molar-refractivity contribution < 1.29 is 0 Å². The van der Waals surface area contributed by atoms with Crippen LogP contribution in [0.1, 0.15) is 24.3 Å². The molecule has 0 bridgehead atoms. The number of hydrogen-bond acceptors (Lipinski definition) is 3. The molecule has 5 heteroatoms. The number of hydrogen-bond donors (Lipinski definition) is 1. The number of pyridine rings is 1. The molecular formula is C19H17N3OS. The van der Waals surface area contributed by atoms with Crippen molar-refractivity contribution in [1.82, 2.24) is 14.5 Å². The number of H-pyrrole nitrogens is 1. The van der Waals surface area contributed by atoms with Gasteiger partial charge in [-0.1, -0.05) is 31.2 Å². The topological polar surface area (TPSA) is 50.7 Å². The van der Waals surface area contributed by atoms with Gasteiger partial charge in [0.25, 0.3) is 5.56 Å². The van der Waals surface area contributed by atoms with Crippen molar-refractivity contribution in [2.24, 2.45) is 0 Å². The molecule has 0 saturated carbocycles. The van der Waals surface area contributed by atoms with Gasteiger partial charge in [-0.05, 0) is 35.4 Å². The molecular weight excluding hydrogens is 318 g/mol. The van der Waals surface area contributed by atoms with Crippen LogP contribution in [0.5, 0.6) is 0 Å². The van der Waals surface area contributed by atoms with E-state index in [9.17, 15) is 4.79 Å². The van der Waals surface area contributed by atoms with Crippen molar-refractivity contribution in [3.63, 3.8) is 0 Å². The zero-order chi connectivity index (χ0) is 16.5. The second kappa shape index (κ2) is 6.09. The normalized spacial score (nSPS) is 12.5. The summed E-state index contributed by atoms with van der Waals surface area (Å²) in [4.78, 5) is 21.3. The fraction of sp³-hybridized carbons (Fsp3) is 0.158. The third kappa shape index (κ3) is 2.47. The lowest BCUT2D eigenvalue weighted by Gasteiger charge is -2.18. The Labute approximate surface area is 143 Å². The fourth-order valence-electron chi connectivity index (χ4n) is 3.10. The maximum atomic E-state index is 12.6. The van der Waals surface area contributed by atoms with E-state index in [-0.39, 0.29) is 11.6 Å². The van der Waals surface area contributed by atoms with Gasteiger partial charge in [0, 0.05) is 22.8 Å². The molecule has 0 saturated heterocycles. The molecule has 4 aromatic rings. The van der Waals surface area contributed by atoms with Crippen molar-refractivity contribution in [2.75, 3.05) is 0 Å². The van der Waals surface area contributed by atoms with Gasteiger partial charge in [0.15, 0.2) is 0 Å². The number of para-hydroxylation sites is 1. The first-order chi connectivity index (χ1) is 11.8. The number of nitrogens with one attached hydrogen (secondary N) is 1. The minimum atomic E-state index is -0.109. The highest BCUT2D eigenvalue weighted by Crippen LogP contribution is 2.30. The zero-order valence-electron chi connectivity index (χ0n) is 13.3. The Kier molecular flexibility index (Phi) is 3.78. The average Bonchev–Trinajstić information content (AvgIpc) is 3.27. The maximum Gasteiger partial charge on any atom is 0.259 e. The predicted molar refractivity (Wildman–Crippen MR) is 98.5 cm³/mol. The third-order valence-corrected chi connectivity index (χ3v) is 5.23. The molecule has 0 spiro atoms. The van der Waals surface area contributed by atoms with E-state index in [4.69, 9.17) is 0 Å². The van der Waals surface area contributed by atoms with Gasteiger partial charge in [0.2, 0.25) is 0 Å². The molecule has 4 rings (SSSR count). The molecule has 4 nitrogen and oxygen atoms in total. The zero-order valence-corrected chi connectivity index (χ0v) is 14.1. The number of imidazole rings is 1. The molecule has 1 N–H and O–H groups in total. The highest BCUT2D eigenvalue weighted by Gasteiger charge is 2.19. The van der Waals surface area contributed by atoms with Crippen molar-refractivity contribution >= 4 is 22.2 Å². The summed E-state index contributed by atoms with van der Waals surface area (Å²) in [5.41, 5.74) is 1.34. The van der Waals surface area contributed by atoms with Crippen molar-refractivity contribution in [2.45, 2.75) is 19.4 Å². The Morgan fingerprint density at radius 2 is 2.12 bits per heavy atom. The molecule has 1 aromatic carbocycles. The summed E-state index contributed by atoms with van der Waals surface area (Å²) in [6.07, 6.45) is 4.66. The Morgan fingerprint density at radius 3 is 2.92 bits per heavy atom. The summed E-state index contributed by atoms with van der Waals surface area (Å²) < 4.78 is 2.10. The predicted octanol–water partition coefficient (Wildman–Crippen LogP) is 4.45. The summed E-state index contributed by atoms with van der Waals surface area (Å²) in [5, 5.41) is 3.09. The van der Waals surface area contributed by atoms with Crippen molar-refractivity contribution in [3.05, 3.63) is 75.5 Å². The lowest BCUT2D eigenvalue weighted by atomic mass is 10.1. The van der Waals surface area contributed by atoms with Crippen LogP contribution in [-0.4, -0.2) is 14.5 Å². The van der Waals surface area contributed by atoms with Crippen molar-refractivity contribution in [3.8, 4) is 11.4 Å². The monoisotopic (exact) mass is 335 g/mol. The van der Waals surface area contributed by atoms with Crippen molar-refractivity contribution in [1.29, 1.82) is 0 Å². The van der Waals surface area contributed by atoms with Gasteiger partial charge in [-0.3, -0.25) is 4.79 Å². The lowest BCUT2D eigenvalue weighted by molar-refractivity contribution is 0.581. The Hall–Kier alpha value is -2.66. The highest BCUT2D eigenvalue weighted by molar-refractivity contribution is 7.10. The van der Waals surface area contributed by atoms with E-state index in [1.807, 2.05) is 36.5 Å². The van der Waals surface area contributed by atoms with Gasteiger partial charge in [0.1, 0.15) is 5.82 Å². The summed E-state index contributed by atoms with van der Waals surface area (Å²) in [7, 11) is 0. The van der Waals surface area contributed by atoms with Gasteiger partial charge in [-0.25, -0.2) is 4.98 Å². The van der Waals surface area contributed by atoms with Crippen LogP contribution in [0.3, 0.4) is 0 Å². The largest absolute Gasteiger partial charge is 0.323 e. The maximum absolute atomic E-state index is 12.6. The van der Waals surface area contributed by atoms with E-state index in [0.717, 1.165) is 17.3 Å². The van der Waals surface area contributed by atoms with E-state index < -0.39 is 0 Å². The smallest absolute Gasteiger partial charge is 0.259 e. The van der Waals surface area contributed by atoms with E-state index >= 15 is 0 Å². The first-order valence-electron chi connectivity index (χ1n) is 7.96. The summed E-state index contributed by atoms with van der Waals surface area (Å²) in [6.45, 7) is 2.15. The fourth-order valence-corrected chi connectivity index (χ4v) is 4.01. The van der Waals surface area contributed by atoms with Crippen LogP contribution in [0.25, 0.3) is 22.3 Å². The first-order valence-corrected chi connectivity index (χ1v) is 8.84. The Balaban J connectivity index is 1.88. The van der Waals surface area contributed by atoms with Crippen LogP contribution in [0.15, 0.2) is 65.0 Å². The van der Waals surface area contributed by atoms with E-state index in [0.29, 0.717) is 11.4 Å². The molecule has 0 amide bonds. The van der Waals surface area contributed by atoms with E-state index in [1.165, 1.54) is 4.88 Å². The molecule has 0 radical (unpaired) electrons. The SMILES string of the molecule is CCC(c1cccs1)n1ccnc1-c1cc2ccccc2[nH]c1=O. The summed E-state index contributed by atoms with van der Waals surface area (Å²) >= 11 is 1.73.